The van der Waals surface area contributed by atoms with Crippen LogP contribution >= 0.6 is 35.0 Å². The molecule has 1 amide bonds. The van der Waals surface area contributed by atoms with Gasteiger partial charge in [0.05, 0.1) is 4.36 Å². The highest BCUT2D eigenvalue weighted by Gasteiger charge is 2.18. The van der Waals surface area contributed by atoms with Gasteiger partial charge in [0, 0.05) is 18.2 Å². The maximum absolute atomic E-state index is 10.6. The number of halogens is 2. The number of carboxylic acids is 1. The molecule has 0 rings (SSSR count). The number of hydrogen-bond acceptors (Lipinski definition) is 3. The third-order valence-corrected chi connectivity index (χ3v) is 2.94. The van der Waals surface area contributed by atoms with Gasteiger partial charge in [0.1, 0.15) is 6.04 Å². The average Bonchev–Trinajstić information content (AvgIpc) is 2.10. The second-order valence-corrected chi connectivity index (χ2v) is 4.23. The quantitative estimate of drug-likeness (QED) is 0.785. The van der Waals surface area contributed by atoms with Gasteiger partial charge >= 0.3 is 5.97 Å². The zero-order chi connectivity index (χ0) is 11.1. The fourth-order valence-corrected chi connectivity index (χ4v) is 1.61. The fraction of sp³-hybridized carbons (Fsp3) is 0.429. The zero-order valence-electron chi connectivity index (χ0n) is 7.29. The van der Waals surface area contributed by atoms with E-state index in [0.717, 1.165) is 17.3 Å². The molecule has 0 unspecified atom stereocenters. The summed E-state index contributed by atoms with van der Waals surface area (Å²) in [6, 6.07) is -0.956. The lowest BCUT2D eigenvalue weighted by Gasteiger charge is -2.11. The van der Waals surface area contributed by atoms with Gasteiger partial charge in [-0.25, -0.2) is 4.79 Å². The van der Waals surface area contributed by atoms with Crippen LogP contribution in [0.1, 0.15) is 6.92 Å². The van der Waals surface area contributed by atoms with E-state index in [1.165, 1.54) is 6.92 Å². The van der Waals surface area contributed by atoms with Gasteiger partial charge in [-0.1, -0.05) is 23.2 Å². The lowest BCUT2D eigenvalue weighted by Crippen LogP contribution is -2.41. The summed E-state index contributed by atoms with van der Waals surface area (Å²) in [5.74, 6) is -1.37. The van der Waals surface area contributed by atoms with Crippen LogP contribution in [0.4, 0.5) is 0 Å². The Balaban J connectivity index is 4.11. The van der Waals surface area contributed by atoms with Gasteiger partial charge in [0.2, 0.25) is 5.91 Å². The van der Waals surface area contributed by atoms with E-state index in [4.69, 9.17) is 28.3 Å². The number of hydrogen-bond donors (Lipinski definition) is 2. The largest absolute Gasteiger partial charge is 0.480 e. The molecule has 2 N–H and O–H groups in total. The number of thioether (sulfide) groups is 1. The Labute approximate surface area is 95.6 Å². The first-order valence-electron chi connectivity index (χ1n) is 3.56. The van der Waals surface area contributed by atoms with E-state index in [-0.39, 0.29) is 10.1 Å². The summed E-state index contributed by atoms with van der Waals surface area (Å²) in [6.07, 6.45) is 0. The normalized spacial score (nSPS) is 13.5. The number of carboxylic acid groups (broad SMARTS) is 1. The summed E-state index contributed by atoms with van der Waals surface area (Å²) in [4.78, 5) is 21.2. The minimum atomic E-state index is -1.10. The molecule has 0 saturated carbocycles. The Kier molecular flexibility index (Phi) is 6.78. The van der Waals surface area contributed by atoms with Gasteiger partial charge in [-0.3, -0.25) is 4.79 Å². The Morgan fingerprint density at radius 2 is 2.21 bits per heavy atom. The predicted octanol–water partition coefficient (Wildman–Crippen LogP) is 1.59. The van der Waals surface area contributed by atoms with Gasteiger partial charge in [-0.2, -0.15) is 0 Å². The van der Waals surface area contributed by atoms with Crippen LogP contribution in [-0.2, 0) is 9.59 Å². The van der Waals surface area contributed by atoms with Crippen molar-refractivity contribution in [1.29, 1.82) is 0 Å². The maximum atomic E-state index is 10.6. The van der Waals surface area contributed by atoms with E-state index >= 15 is 0 Å². The lowest BCUT2D eigenvalue weighted by atomic mass is 10.3. The standard InChI is InChI=1S/C7H9Cl2NO3S/c1-4(11)10-5(7(12)13)3-14-6(9)2-8/h2,5H,3H2,1H3,(H,10,11)(H,12,13)/b6-2+/t5-/m1/s1. The second kappa shape index (κ2) is 6.98. The molecule has 7 heteroatoms. The highest BCUT2D eigenvalue weighted by atomic mass is 35.5. The highest BCUT2D eigenvalue weighted by molar-refractivity contribution is 8.04. The van der Waals surface area contributed by atoms with Crippen LogP contribution in [0.25, 0.3) is 0 Å². The molecule has 0 spiro atoms. The van der Waals surface area contributed by atoms with Crippen LogP contribution in [-0.4, -0.2) is 28.8 Å². The van der Waals surface area contributed by atoms with E-state index in [1.807, 2.05) is 0 Å². The minimum absolute atomic E-state index is 0.136. The summed E-state index contributed by atoms with van der Waals surface area (Å²) < 4.78 is 0.281. The minimum Gasteiger partial charge on any atom is -0.480 e. The molecular weight excluding hydrogens is 249 g/mol. The summed E-state index contributed by atoms with van der Waals surface area (Å²) in [5, 5.41) is 11.0. The molecule has 0 aromatic rings. The average molecular weight is 258 g/mol. The molecule has 0 saturated heterocycles. The molecule has 0 aromatic carbocycles. The third kappa shape index (κ3) is 6.12. The number of amides is 1. The van der Waals surface area contributed by atoms with Crippen LogP contribution in [0.2, 0.25) is 0 Å². The molecule has 0 bridgehead atoms. The molecule has 14 heavy (non-hydrogen) atoms. The first-order chi connectivity index (χ1) is 6.47. The van der Waals surface area contributed by atoms with Crippen LogP contribution in [0, 0.1) is 0 Å². The Morgan fingerprint density at radius 1 is 1.64 bits per heavy atom. The van der Waals surface area contributed by atoms with Crippen molar-refractivity contribution in [1.82, 2.24) is 5.32 Å². The van der Waals surface area contributed by atoms with Gasteiger partial charge in [-0.15, -0.1) is 11.8 Å². The molecule has 0 radical (unpaired) electrons. The van der Waals surface area contributed by atoms with E-state index in [0.29, 0.717) is 0 Å². The second-order valence-electron chi connectivity index (χ2n) is 2.32. The Bertz CT molecular complexity index is 257. The third-order valence-electron chi connectivity index (χ3n) is 1.15. The first-order valence-corrected chi connectivity index (χ1v) is 5.36. The molecule has 0 aromatic heterocycles. The predicted molar refractivity (Wildman–Crippen MR) is 57.5 cm³/mol. The summed E-state index contributed by atoms with van der Waals surface area (Å²) >= 11 is 11.9. The molecule has 0 fully saturated rings. The molecule has 0 aliphatic carbocycles. The maximum Gasteiger partial charge on any atom is 0.327 e. The molecule has 1 atom stereocenters. The van der Waals surface area contributed by atoms with Gasteiger partial charge < -0.3 is 10.4 Å². The molecule has 0 heterocycles. The van der Waals surface area contributed by atoms with E-state index in [1.54, 1.807) is 0 Å². The van der Waals surface area contributed by atoms with Crippen molar-refractivity contribution in [2.24, 2.45) is 0 Å². The van der Waals surface area contributed by atoms with Crippen LogP contribution in [0.15, 0.2) is 9.90 Å². The monoisotopic (exact) mass is 257 g/mol. The highest BCUT2D eigenvalue weighted by Crippen LogP contribution is 2.21. The molecule has 80 valence electrons. The Morgan fingerprint density at radius 3 is 2.57 bits per heavy atom. The SMILES string of the molecule is CC(=O)N[C@H](CS/C(Cl)=C/Cl)C(=O)O. The lowest BCUT2D eigenvalue weighted by molar-refractivity contribution is -0.140. The number of aliphatic carboxylic acids is 1. The van der Waals surface area contributed by atoms with Crippen molar-refractivity contribution in [3.63, 3.8) is 0 Å². The topological polar surface area (TPSA) is 66.4 Å². The summed E-state index contributed by atoms with van der Waals surface area (Å²) in [7, 11) is 0. The van der Waals surface area contributed by atoms with Crippen LogP contribution in [0.3, 0.4) is 0 Å². The number of rotatable bonds is 5. The zero-order valence-corrected chi connectivity index (χ0v) is 9.62. The summed E-state index contributed by atoms with van der Waals surface area (Å²) in [6.45, 7) is 1.25. The van der Waals surface area contributed by atoms with E-state index in [9.17, 15) is 9.59 Å². The van der Waals surface area contributed by atoms with Crippen molar-refractivity contribution in [2.75, 3.05) is 5.75 Å². The number of carbonyl (C=O) groups is 2. The van der Waals surface area contributed by atoms with Gasteiger partial charge in [-0.05, 0) is 0 Å². The molecule has 0 aliphatic rings. The van der Waals surface area contributed by atoms with E-state index < -0.39 is 17.9 Å². The van der Waals surface area contributed by atoms with Crippen molar-refractivity contribution in [3.8, 4) is 0 Å². The summed E-state index contributed by atoms with van der Waals surface area (Å²) in [5.41, 5.74) is 1.14. The Hall–Kier alpha value is -0.390. The molecule has 4 nitrogen and oxygen atoms in total. The van der Waals surface area contributed by atoms with Crippen molar-refractivity contribution in [3.05, 3.63) is 9.90 Å². The molecule has 0 aliphatic heterocycles. The smallest absolute Gasteiger partial charge is 0.327 e. The number of carbonyl (C=O) groups excluding carboxylic acids is 1. The van der Waals surface area contributed by atoms with Gasteiger partial charge in [0.25, 0.3) is 0 Å². The van der Waals surface area contributed by atoms with Gasteiger partial charge in [0.15, 0.2) is 0 Å². The van der Waals surface area contributed by atoms with Crippen molar-refractivity contribution >= 4 is 46.8 Å². The first kappa shape index (κ1) is 13.6. The number of nitrogens with one attached hydrogen (secondary N) is 1. The van der Waals surface area contributed by atoms with Crippen molar-refractivity contribution < 1.29 is 14.7 Å². The van der Waals surface area contributed by atoms with Crippen LogP contribution < -0.4 is 5.32 Å². The van der Waals surface area contributed by atoms with E-state index in [2.05, 4.69) is 5.32 Å². The fourth-order valence-electron chi connectivity index (χ4n) is 0.614. The molecular formula is C7H9Cl2NO3S. The van der Waals surface area contributed by atoms with Crippen LogP contribution in [0.5, 0.6) is 0 Å². The van der Waals surface area contributed by atoms with Crippen molar-refractivity contribution in [2.45, 2.75) is 13.0 Å².